The van der Waals surface area contributed by atoms with Gasteiger partial charge < -0.3 is 15.7 Å². The zero-order chi connectivity index (χ0) is 12.6. The first-order valence-electron chi connectivity index (χ1n) is 5.73. The average Bonchev–Trinajstić information content (AvgIpc) is 2.22. The van der Waals surface area contributed by atoms with Crippen molar-refractivity contribution in [2.75, 3.05) is 6.54 Å². The van der Waals surface area contributed by atoms with Crippen molar-refractivity contribution in [3.8, 4) is 0 Å². The van der Waals surface area contributed by atoms with Crippen molar-refractivity contribution in [1.82, 2.24) is 10.6 Å². The molecule has 94 valence electrons. The maximum absolute atomic E-state index is 11.5. The van der Waals surface area contributed by atoms with E-state index in [1.165, 1.54) is 0 Å². The molecule has 1 amide bonds. The minimum atomic E-state index is -0.809. The van der Waals surface area contributed by atoms with E-state index >= 15 is 0 Å². The molecule has 2 unspecified atom stereocenters. The highest BCUT2D eigenvalue weighted by Gasteiger charge is 2.14. The van der Waals surface area contributed by atoms with Crippen LogP contribution in [0.1, 0.15) is 40.0 Å². The van der Waals surface area contributed by atoms with Gasteiger partial charge in [-0.1, -0.05) is 6.92 Å². The Morgan fingerprint density at radius 2 is 1.94 bits per heavy atom. The van der Waals surface area contributed by atoms with Crippen molar-refractivity contribution in [2.24, 2.45) is 0 Å². The molecule has 0 aliphatic rings. The van der Waals surface area contributed by atoms with Crippen molar-refractivity contribution in [2.45, 2.75) is 52.1 Å². The van der Waals surface area contributed by atoms with E-state index in [0.717, 1.165) is 6.42 Å². The number of carboxylic acid groups (broad SMARTS) is 1. The molecular formula is C11H22N2O3. The highest BCUT2D eigenvalue weighted by molar-refractivity contribution is 5.81. The van der Waals surface area contributed by atoms with Crippen LogP contribution in [0.25, 0.3) is 0 Å². The standard InChI is InChI=1S/C11H22N2O3/c1-4-7-12-11(16)9(3)13-8(2)5-6-10(14)15/h8-9,13H,4-7H2,1-3H3,(H,12,16)(H,14,15). The highest BCUT2D eigenvalue weighted by Crippen LogP contribution is 1.98. The molecule has 3 N–H and O–H groups in total. The number of aliphatic carboxylic acids is 1. The third-order valence-corrected chi connectivity index (χ3v) is 2.27. The molecule has 0 rings (SSSR count). The quantitative estimate of drug-likeness (QED) is 0.575. The summed E-state index contributed by atoms with van der Waals surface area (Å²) in [6, 6.07) is -0.256. The summed E-state index contributed by atoms with van der Waals surface area (Å²) in [7, 11) is 0. The molecule has 0 saturated heterocycles. The number of hydrogen-bond acceptors (Lipinski definition) is 3. The van der Waals surface area contributed by atoms with E-state index in [-0.39, 0.29) is 24.4 Å². The normalized spacial score (nSPS) is 14.2. The molecule has 0 aromatic rings. The first-order valence-corrected chi connectivity index (χ1v) is 5.73. The zero-order valence-corrected chi connectivity index (χ0v) is 10.2. The fourth-order valence-corrected chi connectivity index (χ4v) is 1.33. The summed E-state index contributed by atoms with van der Waals surface area (Å²) in [5, 5.41) is 14.4. The van der Waals surface area contributed by atoms with E-state index in [1.54, 1.807) is 6.92 Å². The maximum atomic E-state index is 11.5. The summed E-state index contributed by atoms with van der Waals surface area (Å²) in [4.78, 5) is 21.8. The summed E-state index contributed by atoms with van der Waals surface area (Å²) < 4.78 is 0. The first kappa shape index (κ1) is 14.9. The van der Waals surface area contributed by atoms with Crippen LogP contribution >= 0.6 is 0 Å². The summed E-state index contributed by atoms with van der Waals surface area (Å²) in [6.45, 7) is 6.33. The fourth-order valence-electron chi connectivity index (χ4n) is 1.33. The van der Waals surface area contributed by atoms with Gasteiger partial charge in [0.2, 0.25) is 5.91 Å². The van der Waals surface area contributed by atoms with Gasteiger partial charge in [0.15, 0.2) is 0 Å². The number of nitrogens with one attached hydrogen (secondary N) is 2. The van der Waals surface area contributed by atoms with E-state index < -0.39 is 5.97 Å². The minimum absolute atomic E-state index is 0.0264. The molecule has 5 nitrogen and oxygen atoms in total. The molecule has 16 heavy (non-hydrogen) atoms. The molecule has 2 atom stereocenters. The van der Waals surface area contributed by atoms with E-state index in [4.69, 9.17) is 5.11 Å². The first-order chi connectivity index (χ1) is 7.47. The van der Waals surface area contributed by atoms with Gasteiger partial charge in [-0.05, 0) is 26.7 Å². The lowest BCUT2D eigenvalue weighted by Gasteiger charge is -2.18. The van der Waals surface area contributed by atoms with Crippen LogP contribution in [0.2, 0.25) is 0 Å². The number of hydrogen-bond donors (Lipinski definition) is 3. The number of rotatable bonds is 8. The highest BCUT2D eigenvalue weighted by atomic mass is 16.4. The Labute approximate surface area is 96.6 Å². The van der Waals surface area contributed by atoms with Crippen molar-refractivity contribution >= 4 is 11.9 Å². The lowest BCUT2D eigenvalue weighted by Crippen LogP contribution is -2.46. The lowest BCUT2D eigenvalue weighted by atomic mass is 10.1. The van der Waals surface area contributed by atoms with Gasteiger partial charge in [-0.25, -0.2) is 0 Å². The van der Waals surface area contributed by atoms with Crippen LogP contribution in [-0.2, 0) is 9.59 Å². The van der Waals surface area contributed by atoms with Crippen LogP contribution in [0.15, 0.2) is 0 Å². The molecule has 0 aromatic carbocycles. The zero-order valence-electron chi connectivity index (χ0n) is 10.2. The molecule has 0 heterocycles. The van der Waals surface area contributed by atoms with Gasteiger partial charge in [-0.3, -0.25) is 9.59 Å². The number of carbonyl (C=O) groups is 2. The largest absolute Gasteiger partial charge is 0.481 e. The predicted octanol–water partition coefficient (Wildman–Crippen LogP) is 0.744. The van der Waals surface area contributed by atoms with Gasteiger partial charge >= 0.3 is 5.97 Å². The van der Waals surface area contributed by atoms with Crippen molar-refractivity contribution < 1.29 is 14.7 Å². The van der Waals surface area contributed by atoms with E-state index in [1.807, 2.05) is 13.8 Å². The Morgan fingerprint density at radius 3 is 2.44 bits per heavy atom. The Hall–Kier alpha value is -1.10. The number of carbonyl (C=O) groups excluding carboxylic acids is 1. The van der Waals surface area contributed by atoms with Gasteiger partial charge in [0.25, 0.3) is 0 Å². The second kappa shape index (κ2) is 8.10. The van der Waals surface area contributed by atoms with Crippen LogP contribution in [0.5, 0.6) is 0 Å². The van der Waals surface area contributed by atoms with E-state index in [0.29, 0.717) is 13.0 Å². The molecule has 0 fully saturated rings. The van der Waals surface area contributed by atoms with Gasteiger partial charge in [-0.15, -0.1) is 0 Å². The fraction of sp³-hybridized carbons (Fsp3) is 0.818. The summed E-state index contributed by atoms with van der Waals surface area (Å²) in [5.74, 6) is -0.847. The van der Waals surface area contributed by atoms with Crippen molar-refractivity contribution in [1.29, 1.82) is 0 Å². The Balaban J connectivity index is 3.79. The van der Waals surface area contributed by atoms with Crippen molar-refractivity contribution in [3.05, 3.63) is 0 Å². The van der Waals surface area contributed by atoms with Crippen LogP contribution in [0.3, 0.4) is 0 Å². The molecule has 0 saturated carbocycles. The molecule has 0 bridgehead atoms. The Bertz CT molecular complexity index is 231. The molecule has 0 aromatic heterocycles. The summed E-state index contributed by atoms with van der Waals surface area (Å²) in [5.41, 5.74) is 0. The summed E-state index contributed by atoms with van der Waals surface area (Å²) in [6.07, 6.45) is 1.56. The minimum Gasteiger partial charge on any atom is -0.481 e. The monoisotopic (exact) mass is 230 g/mol. The second-order valence-electron chi connectivity index (χ2n) is 4.01. The van der Waals surface area contributed by atoms with Crippen LogP contribution in [-0.4, -0.2) is 35.6 Å². The van der Waals surface area contributed by atoms with Crippen molar-refractivity contribution in [3.63, 3.8) is 0 Å². The second-order valence-corrected chi connectivity index (χ2v) is 4.01. The summed E-state index contributed by atoms with van der Waals surface area (Å²) >= 11 is 0. The number of amides is 1. The predicted molar refractivity (Wildman–Crippen MR) is 62.2 cm³/mol. The number of carboxylic acids is 1. The smallest absolute Gasteiger partial charge is 0.303 e. The topological polar surface area (TPSA) is 78.4 Å². The molecular weight excluding hydrogens is 208 g/mol. The van der Waals surface area contributed by atoms with Gasteiger partial charge in [-0.2, -0.15) is 0 Å². The lowest BCUT2D eigenvalue weighted by molar-refractivity contribution is -0.137. The van der Waals surface area contributed by atoms with Gasteiger partial charge in [0.05, 0.1) is 6.04 Å². The van der Waals surface area contributed by atoms with Gasteiger partial charge in [0, 0.05) is 19.0 Å². The molecule has 5 heteroatoms. The van der Waals surface area contributed by atoms with E-state index in [2.05, 4.69) is 10.6 Å². The molecule has 0 aliphatic carbocycles. The third-order valence-electron chi connectivity index (χ3n) is 2.27. The van der Waals surface area contributed by atoms with Gasteiger partial charge in [0.1, 0.15) is 0 Å². The van der Waals surface area contributed by atoms with E-state index in [9.17, 15) is 9.59 Å². The van der Waals surface area contributed by atoms with Crippen LogP contribution < -0.4 is 10.6 Å². The SMILES string of the molecule is CCCNC(=O)C(C)NC(C)CCC(=O)O. The Morgan fingerprint density at radius 1 is 1.31 bits per heavy atom. The third kappa shape index (κ3) is 7.23. The molecule has 0 spiro atoms. The van der Waals surface area contributed by atoms with Crippen LogP contribution in [0.4, 0.5) is 0 Å². The van der Waals surface area contributed by atoms with Crippen LogP contribution in [0, 0.1) is 0 Å². The molecule has 0 aliphatic heterocycles. The Kier molecular flexibility index (Phi) is 7.54. The average molecular weight is 230 g/mol. The molecule has 0 radical (unpaired) electrons. The maximum Gasteiger partial charge on any atom is 0.303 e.